The van der Waals surface area contributed by atoms with Gasteiger partial charge in [0.25, 0.3) is 0 Å². The molecule has 0 aromatic heterocycles. The van der Waals surface area contributed by atoms with Crippen molar-refractivity contribution < 1.29 is 4.39 Å². The summed E-state index contributed by atoms with van der Waals surface area (Å²) >= 11 is 0. The SMILES string of the molecule is CC(C)(C)C1=CCN(c2cc(F)cc(C#N)c2)CC1. The average Bonchev–Trinajstić information content (AvgIpc) is 2.37. The van der Waals surface area contributed by atoms with Crippen LogP contribution in [0.5, 0.6) is 0 Å². The zero-order valence-electron chi connectivity index (χ0n) is 11.7. The van der Waals surface area contributed by atoms with Crippen LogP contribution in [0.15, 0.2) is 29.8 Å². The Bertz CT molecular complexity index is 547. The monoisotopic (exact) mass is 258 g/mol. The summed E-state index contributed by atoms with van der Waals surface area (Å²) in [6.45, 7) is 8.29. The summed E-state index contributed by atoms with van der Waals surface area (Å²) in [6.07, 6.45) is 3.21. The first-order valence-electron chi connectivity index (χ1n) is 6.55. The van der Waals surface area contributed by atoms with E-state index in [2.05, 4.69) is 31.7 Å². The summed E-state index contributed by atoms with van der Waals surface area (Å²) < 4.78 is 13.4. The van der Waals surface area contributed by atoms with E-state index in [0.29, 0.717) is 5.56 Å². The van der Waals surface area contributed by atoms with Gasteiger partial charge in [-0.25, -0.2) is 4.39 Å². The third-order valence-corrected chi connectivity index (χ3v) is 3.55. The van der Waals surface area contributed by atoms with Gasteiger partial charge in [0.15, 0.2) is 0 Å². The smallest absolute Gasteiger partial charge is 0.126 e. The Morgan fingerprint density at radius 1 is 1.26 bits per heavy atom. The van der Waals surface area contributed by atoms with E-state index in [1.807, 2.05) is 6.07 Å². The molecule has 1 aromatic carbocycles. The topological polar surface area (TPSA) is 27.0 Å². The lowest BCUT2D eigenvalue weighted by molar-refractivity contribution is 0.472. The highest BCUT2D eigenvalue weighted by molar-refractivity contribution is 5.53. The molecular formula is C16H19FN2. The number of nitrogens with zero attached hydrogens (tertiary/aromatic N) is 2. The molecule has 19 heavy (non-hydrogen) atoms. The zero-order chi connectivity index (χ0) is 14.0. The van der Waals surface area contributed by atoms with Gasteiger partial charge in [0.2, 0.25) is 0 Å². The van der Waals surface area contributed by atoms with Crippen LogP contribution in [-0.2, 0) is 0 Å². The van der Waals surface area contributed by atoms with Gasteiger partial charge >= 0.3 is 0 Å². The highest BCUT2D eigenvalue weighted by atomic mass is 19.1. The van der Waals surface area contributed by atoms with E-state index in [1.165, 1.54) is 17.7 Å². The molecule has 3 heteroatoms. The predicted octanol–water partition coefficient (Wildman–Crippen LogP) is 3.88. The minimum atomic E-state index is -0.348. The lowest BCUT2D eigenvalue weighted by Gasteiger charge is -2.33. The molecule has 1 heterocycles. The number of anilines is 1. The van der Waals surface area contributed by atoms with E-state index in [-0.39, 0.29) is 11.2 Å². The number of hydrogen-bond acceptors (Lipinski definition) is 2. The Morgan fingerprint density at radius 2 is 2.00 bits per heavy atom. The molecule has 100 valence electrons. The van der Waals surface area contributed by atoms with Gasteiger partial charge < -0.3 is 4.90 Å². The average molecular weight is 258 g/mol. The highest BCUT2D eigenvalue weighted by Crippen LogP contribution is 2.31. The lowest BCUT2D eigenvalue weighted by atomic mass is 9.83. The Balaban J connectivity index is 2.21. The Hall–Kier alpha value is -1.82. The summed E-state index contributed by atoms with van der Waals surface area (Å²) in [5.41, 5.74) is 2.81. The molecule has 0 spiro atoms. The van der Waals surface area contributed by atoms with E-state index < -0.39 is 0 Å². The normalized spacial score (nSPS) is 15.9. The van der Waals surface area contributed by atoms with Gasteiger partial charge in [0.05, 0.1) is 11.6 Å². The highest BCUT2D eigenvalue weighted by Gasteiger charge is 2.21. The second kappa shape index (κ2) is 5.05. The van der Waals surface area contributed by atoms with Crippen molar-refractivity contribution in [1.82, 2.24) is 0 Å². The second-order valence-corrected chi connectivity index (χ2v) is 5.99. The Morgan fingerprint density at radius 3 is 2.53 bits per heavy atom. The van der Waals surface area contributed by atoms with Gasteiger partial charge in [-0.05, 0) is 30.0 Å². The van der Waals surface area contributed by atoms with Gasteiger partial charge in [-0.2, -0.15) is 5.26 Å². The quantitative estimate of drug-likeness (QED) is 0.715. The fraction of sp³-hybridized carbons (Fsp3) is 0.438. The van der Waals surface area contributed by atoms with Crippen molar-refractivity contribution in [3.8, 4) is 6.07 Å². The molecule has 0 bridgehead atoms. The van der Waals surface area contributed by atoms with Crippen molar-refractivity contribution in [3.63, 3.8) is 0 Å². The van der Waals surface area contributed by atoms with Crippen LogP contribution in [0.1, 0.15) is 32.8 Å². The summed E-state index contributed by atoms with van der Waals surface area (Å²) in [5, 5.41) is 8.89. The van der Waals surface area contributed by atoms with Crippen LogP contribution in [-0.4, -0.2) is 13.1 Å². The van der Waals surface area contributed by atoms with Crippen molar-refractivity contribution in [1.29, 1.82) is 5.26 Å². The number of nitriles is 1. The fourth-order valence-corrected chi connectivity index (χ4v) is 2.41. The molecule has 0 saturated heterocycles. The Kier molecular flexibility index (Phi) is 3.61. The van der Waals surface area contributed by atoms with E-state index in [1.54, 1.807) is 6.07 Å². The van der Waals surface area contributed by atoms with Crippen molar-refractivity contribution in [2.24, 2.45) is 5.41 Å². The minimum Gasteiger partial charge on any atom is -0.367 e. The third-order valence-electron chi connectivity index (χ3n) is 3.55. The van der Waals surface area contributed by atoms with Gasteiger partial charge in [-0.3, -0.25) is 0 Å². The Labute approximate surface area is 114 Å². The van der Waals surface area contributed by atoms with Crippen LogP contribution in [0.4, 0.5) is 10.1 Å². The maximum absolute atomic E-state index is 13.4. The van der Waals surface area contributed by atoms with Crippen LogP contribution in [0.2, 0.25) is 0 Å². The summed E-state index contributed by atoms with van der Waals surface area (Å²) in [5.74, 6) is -0.348. The molecule has 0 N–H and O–H groups in total. The largest absolute Gasteiger partial charge is 0.367 e. The maximum Gasteiger partial charge on any atom is 0.126 e. The molecule has 0 amide bonds. The number of benzene rings is 1. The summed E-state index contributed by atoms with van der Waals surface area (Å²) in [7, 11) is 0. The molecule has 1 aromatic rings. The molecule has 0 fully saturated rings. The third kappa shape index (κ3) is 3.14. The van der Waals surface area contributed by atoms with E-state index in [9.17, 15) is 4.39 Å². The molecule has 1 aliphatic rings. The van der Waals surface area contributed by atoms with Crippen LogP contribution < -0.4 is 4.90 Å². The van der Waals surface area contributed by atoms with Gasteiger partial charge in [0.1, 0.15) is 5.82 Å². The molecule has 0 radical (unpaired) electrons. The molecule has 0 unspecified atom stereocenters. The molecule has 2 rings (SSSR count). The van der Waals surface area contributed by atoms with Gasteiger partial charge in [-0.15, -0.1) is 0 Å². The second-order valence-electron chi connectivity index (χ2n) is 5.99. The van der Waals surface area contributed by atoms with Crippen molar-refractivity contribution in [3.05, 3.63) is 41.2 Å². The number of hydrogen-bond donors (Lipinski definition) is 0. The van der Waals surface area contributed by atoms with Crippen LogP contribution in [0, 0.1) is 22.6 Å². The minimum absolute atomic E-state index is 0.200. The van der Waals surface area contributed by atoms with E-state index in [0.717, 1.165) is 25.2 Å². The molecule has 0 saturated carbocycles. The van der Waals surface area contributed by atoms with Gasteiger partial charge in [-0.1, -0.05) is 32.4 Å². The first-order chi connectivity index (χ1) is 8.90. The van der Waals surface area contributed by atoms with E-state index >= 15 is 0 Å². The van der Waals surface area contributed by atoms with Crippen LogP contribution in [0.25, 0.3) is 0 Å². The first kappa shape index (κ1) is 13.6. The molecule has 0 atom stereocenters. The number of rotatable bonds is 1. The van der Waals surface area contributed by atoms with Crippen LogP contribution in [0.3, 0.4) is 0 Å². The standard InChI is InChI=1S/C16H19FN2/c1-16(2,3)13-4-6-19(7-5-13)15-9-12(11-18)8-14(17)10-15/h4,8-10H,5-7H2,1-3H3. The maximum atomic E-state index is 13.4. The summed E-state index contributed by atoms with van der Waals surface area (Å²) in [4.78, 5) is 2.11. The molecule has 0 aliphatic carbocycles. The van der Waals surface area contributed by atoms with Crippen molar-refractivity contribution in [2.75, 3.05) is 18.0 Å². The van der Waals surface area contributed by atoms with Crippen molar-refractivity contribution in [2.45, 2.75) is 27.2 Å². The van der Waals surface area contributed by atoms with Crippen LogP contribution >= 0.6 is 0 Å². The predicted molar refractivity (Wildman–Crippen MR) is 75.5 cm³/mol. The fourth-order valence-electron chi connectivity index (χ4n) is 2.41. The molecule has 2 nitrogen and oxygen atoms in total. The lowest BCUT2D eigenvalue weighted by Crippen LogP contribution is -2.31. The molecule has 1 aliphatic heterocycles. The van der Waals surface area contributed by atoms with E-state index in [4.69, 9.17) is 5.26 Å². The zero-order valence-corrected chi connectivity index (χ0v) is 11.7. The van der Waals surface area contributed by atoms with Gasteiger partial charge in [0, 0.05) is 18.8 Å². The number of halogens is 1. The summed E-state index contributed by atoms with van der Waals surface area (Å²) in [6, 6.07) is 6.51. The van der Waals surface area contributed by atoms with Crippen molar-refractivity contribution >= 4 is 5.69 Å². The molecular weight excluding hydrogens is 239 g/mol. The first-order valence-corrected chi connectivity index (χ1v) is 6.55.